The molecule has 3 heterocycles. The fourth-order valence-corrected chi connectivity index (χ4v) is 4.63. The summed E-state index contributed by atoms with van der Waals surface area (Å²) in [5.74, 6) is -1.27. The first-order valence-electron chi connectivity index (χ1n) is 9.81. The molecule has 6 heteroatoms. The van der Waals surface area contributed by atoms with Crippen molar-refractivity contribution in [2.75, 3.05) is 48.0 Å². The lowest BCUT2D eigenvalue weighted by atomic mass is 10.0. The molecule has 5 nitrogen and oxygen atoms in total. The number of nitrogens with zero attached hydrogens (tertiary/aromatic N) is 2. The zero-order valence-corrected chi connectivity index (χ0v) is 16.8. The maximum Gasteiger partial charge on any atom is 0.292 e. The van der Waals surface area contributed by atoms with Crippen molar-refractivity contribution in [3.63, 3.8) is 0 Å². The van der Waals surface area contributed by atoms with E-state index in [4.69, 9.17) is 9.47 Å². The lowest BCUT2D eigenvalue weighted by Crippen LogP contribution is -2.41. The predicted octanol–water partition coefficient (Wildman–Crippen LogP) is 3.79. The number of halogens is 1. The van der Waals surface area contributed by atoms with Crippen LogP contribution in [0.4, 0.5) is 11.4 Å². The van der Waals surface area contributed by atoms with E-state index < -0.39 is 5.79 Å². The van der Waals surface area contributed by atoms with Crippen LogP contribution in [-0.4, -0.2) is 44.1 Å². The van der Waals surface area contributed by atoms with Crippen molar-refractivity contribution in [3.05, 3.63) is 23.8 Å². The standard InChI is InChI=1S/C20H27BrN2O3/c21-9-3-1-6-12-23-18-8-7-16(22-10-4-2-5-11-22)15-17(18)20(19(23)24)25-13-14-26-20/h7-8,15H,1-6,9-14H2. The molecule has 3 aliphatic rings. The number of unbranched alkanes of at least 4 members (excludes halogenated alkanes) is 2. The molecule has 26 heavy (non-hydrogen) atoms. The Labute approximate surface area is 163 Å². The van der Waals surface area contributed by atoms with E-state index in [9.17, 15) is 4.79 Å². The zero-order chi connectivity index (χ0) is 18.0. The smallest absolute Gasteiger partial charge is 0.292 e. The van der Waals surface area contributed by atoms with Crippen LogP contribution in [0.1, 0.15) is 44.1 Å². The van der Waals surface area contributed by atoms with Gasteiger partial charge >= 0.3 is 0 Å². The molecule has 142 valence electrons. The maximum absolute atomic E-state index is 13.2. The molecule has 1 aromatic carbocycles. The van der Waals surface area contributed by atoms with Gasteiger partial charge in [0.15, 0.2) is 0 Å². The Kier molecular flexibility index (Phi) is 5.53. The van der Waals surface area contributed by atoms with Crippen LogP contribution in [0.15, 0.2) is 18.2 Å². The first kappa shape index (κ1) is 18.3. The number of ether oxygens (including phenoxy) is 2. The number of piperidine rings is 1. The van der Waals surface area contributed by atoms with Crippen LogP contribution in [0.3, 0.4) is 0 Å². The number of benzene rings is 1. The van der Waals surface area contributed by atoms with Gasteiger partial charge in [-0.3, -0.25) is 4.79 Å². The van der Waals surface area contributed by atoms with E-state index in [0.29, 0.717) is 13.2 Å². The number of carbonyl (C=O) groups is 1. The van der Waals surface area contributed by atoms with Crippen LogP contribution < -0.4 is 9.80 Å². The van der Waals surface area contributed by atoms with Gasteiger partial charge in [-0.1, -0.05) is 22.4 Å². The Bertz CT molecular complexity index is 654. The number of alkyl halides is 1. The molecule has 2 saturated heterocycles. The Hall–Kier alpha value is -1.11. The van der Waals surface area contributed by atoms with Crippen molar-refractivity contribution in [1.29, 1.82) is 0 Å². The van der Waals surface area contributed by atoms with Crippen molar-refractivity contribution in [2.45, 2.75) is 44.3 Å². The predicted molar refractivity (Wildman–Crippen MR) is 106 cm³/mol. The van der Waals surface area contributed by atoms with E-state index in [1.807, 2.05) is 4.90 Å². The molecule has 0 saturated carbocycles. The fraction of sp³-hybridized carbons (Fsp3) is 0.650. The molecule has 0 radical (unpaired) electrons. The minimum absolute atomic E-state index is 0.0559. The van der Waals surface area contributed by atoms with Gasteiger partial charge in [0.25, 0.3) is 11.7 Å². The van der Waals surface area contributed by atoms with Gasteiger partial charge in [0, 0.05) is 36.2 Å². The lowest BCUT2D eigenvalue weighted by Gasteiger charge is -2.30. The number of hydrogen-bond donors (Lipinski definition) is 0. The van der Waals surface area contributed by atoms with Gasteiger partial charge in [0.2, 0.25) is 0 Å². The van der Waals surface area contributed by atoms with E-state index in [2.05, 4.69) is 39.0 Å². The summed E-state index contributed by atoms with van der Waals surface area (Å²) < 4.78 is 11.8. The summed E-state index contributed by atoms with van der Waals surface area (Å²) in [7, 11) is 0. The monoisotopic (exact) mass is 422 g/mol. The van der Waals surface area contributed by atoms with Crippen LogP contribution >= 0.6 is 15.9 Å². The van der Waals surface area contributed by atoms with Gasteiger partial charge in [-0.15, -0.1) is 0 Å². The third-order valence-electron chi connectivity index (χ3n) is 5.58. The van der Waals surface area contributed by atoms with Crippen molar-refractivity contribution < 1.29 is 14.3 Å². The second-order valence-electron chi connectivity index (χ2n) is 7.27. The minimum atomic E-state index is -1.21. The Morgan fingerprint density at radius 2 is 1.81 bits per heavy atom. The van der Waals surface area contributed by atoms with Gasteiger partial charge < -0.3 is 19.3 Å². The van der Waals surface area contributed by atoms with Gasteiger partial charge in [-0.25, -0.2) is 0 Å². The summed E-state index contributed by atoms with van der Waals surface area (Å²) in [5, 5.41) is 1.01. The van der Waals surface area contributed by atoms with E-state index in [0.717, 1.165) is 55.5 Å². The highest BCUT2D eigenvalue weighted by atomic mass is 79.9. The summed E-state index contributed by atoms with van der Waals surface area (Å²) >= 11 is 3.47. The van der Waals surface area contributed by atoms with Crippen molar-refractivity contribution >= 4 is 33.2 Å². The second-order valence-corrected chi connectivity index (χ2v) is 8.06. The average molecular weight is 423 g/mol. The molecular formula is C20H27BrN2O3. The van der Waals surface area contributed by atoms with Crippen molar-refractivity contribution in [2.24, 2.45) is 0 Å². The van der Waals surface area contributed by atoms with Crippen LogP contribution in [0, 0.1) is 0 Å². The van der Waals surface area contributed by atoms with E-state index in [1.54, 1.807) is 0 Å². The van der Waals surface area contributed by atoms with Crippen LogP contribution in [0.2, 0.25) is 0 Å². The molecule has 0 unspecified atom stereocenters. The zero-order valence-electron chi connectivity index (χ0n) is 15.2. The van der Waals surface area contributed by atoms with Crippen molar-refractivity contribution in [1.82, 2.24) is 0 Å². The topological polar surface area (TPSA) is 42.0 Å². The van der Waals surface area contributed by atoms with Gasteiger partial charge in [0.05, 0.1) is 18.9 Å². The number of carbonyl (C=O) groups excluding carboxylic acids is 1. The highest BCUT2D eigenvalue weighted by Gasteiger charge is 2.56. The molecule has 0 aliphatic carbocycles. The number of anilines is 2. The SMILES string of the molecule is O=C1N(CCCCCBr)c2ccc(N3CCCCC3)cc2C12OCCO2. The van der Waals surface area contributed by atoms with Crippen LogP contribution in [0.5, 0.6) is 0 Å². The third-order valence-corrected chi connectivity index (χ3v) is 6.14. The lowest BCUT2D eigenvalue weighted by molar-refractivity contribution is -0.180. The molecule has 4 rings (SSSR count). The second kappa shape index (κ2) is 7.87. The summed E-state index contributed by atoms with van der Waals surface area (Å²) in [5.41, 5.74) is 3.02. The molecule has 2 fully saturated rings. The Balaban J connectivity index is 1.62. The molecule has 0 bridgehead atoms. The number of amides is 1. The summed E-state index contributed by atoms with van der Waals surface area (Å²) in [6.45, 7) is 3.82. The summed E-state index contributed by atoms with van der Waals surface area (Å²) in [6, 6.07) is 6.36. The minimum Gasteiger partial charge on any atom is -0.372 e. The first-order chi connectivity index (χ1) is 12.8. The quantitative estimate of drug-likeness (QED) is 0.516. The molecule has 0 N–H and O–H groups in total. The van der Waals surface area contributed by atoms with E-state index in [1.165, 1.54) is 24.9 Å². The average Bonchev–Trinajstić information content (AvgIpc) is 3.26. The third kappa shape index (κ3) is 3.16. The highest BCUT2D eigenvalue weighted by molar-refractivity contribution is 9.09. The summed E-state index contributed by atoms with van der Waals surface area (Å²) in [4.78, 5) is 17.5. The van der Waals surface area contributed by atoms with E-state index >= 15 is 0 Å². The van der Waals surface area contributed by atoms with Crippen LogP contribution in [0.25, 0.3) is 0 Å². The number of hydrogen-bond acceptors (Lipinski definition) is 4. The fourth-order valence-electron chi connectivity index (χ4n) is 4.23. The Morgan fingerprint density at radius 3 is 2.54 bits per heavy atom. The van der Waals surface area contributed by atoms with Gasteiger partial charge in [0.1, 0.15) is 0 Å². The highest BCUT2D eigenvalue weighted by Crippen LogP contribution is 2.47. The summed E-state index contributed by atoms with van der Waals surface area (Å²) in [6.07, 6.45) is 6.98. The maximum atomic E-state index is 13.2. The van der Waals surface area contributed by atoms with Gasteiger partial charge in [-0.2, -0.15) is 0 Å². The van der Waals surface area contributed by atoms with E-state index in [-0.39, 0.29) is 5.91 Å². The number of fused-ring (bicyclic) bond motifs is 2. The largest absolute Gasteiger partial charge is 0.372 e. The molecule has 1 aromatic rings. The molecule has 1 amide bonds. The Morgan fingerprint density at radius 1 is 1.04 bits per heavy atom. The molecule has 0 aromatic heterocycles. The number of rotatable bonds is 6. The first-order valence-corrected chi connectivity index (χ1v) is 10.9. The molecule has 0 atom stereocenters. The molecular weight excluding hydrogens is 396 g/mol. The van der Waals surface area contributed by atoms with Crippen LogP contribution in [-0.2, 0) is 20.1 Å². The molecule has 3 aliphatic heterocycles. The normalized spacial score (nSPS) is 21.7. The van der Waals surface area contributed by atoms with Crippen molar-refractivity contribution in [3.8, 4) is 0 Å². The van der Waals surface area contributed by atoms with Gasteiger partial charge in [-0.05, 0) is 50.3 Å². The molecule has 1 spiro atoms.